The van der Waals surface area contributed by atoms with Crippen molar-refractivity contribution in [2.24, 2.45) is 0 Å². The van der Waals surface area contributed by atoms with Gasteiger partial charge < -0.3 is 19.9 Å². The average Bonchev–Trinajstić information content (AvgIpc) is 3.23. The lowest BCUT2D eigenvalue weighted by molar-refractivity contribution is -0.137. The van der Waals surface area contributed by atoms with Crippen molar-refractivity contribution in [1.29, 1.82) is 0 Å². The number of anilines is 1. The molecule has 0 fully saturated rings. The molecule has 184 valence electrons. The Balaban J connectivity index is 1.62. The van der Waals surface area contributed by atoms with E-state index in [1.165, 1.54) is 4.88 Å². The number of carboxylic acids is 1. The van der Waals surface area contributed by atoms with E-state index in [-0.39, 0.29) is 12.5 Å². The summed E-state index contributed by atoms with van der Waals surface area (Å²) in [5.41, 5.74) is 0.809. The van der Waals surface area contributed by atoms with Gasteiger partial charge in [-0.05, 0) is 54.8 Å². The van der Waals surface area contributed by atoms with Gasteiger partial charge in [-0.2, -0.15) is 0 Å². The Labute approximate surface area is 213 Å². The number of unbranched alkanes of at least 4 members (excludes halogenated alkanes) is 5. The Hall–Kier alpha value is -2.39. The lowest BCUT2D eigenvalue weighted by atomic mass is 10.1. The molecule has 1 atom stereocenters. The highest BCUT2D eigenvalue weighted by molar-refractivity contribution is 9.10. The molecule has 3 rings (SSSR count). The molecule has 0 aliphatic heterocycles. The van der Waals surface area contributed by atoms with E-state index in [2.05, 4.69) is 49.6 Å². The Bertz CT molecular complexity index is 1110. The van der Waals surface area contributed by atoms with Gasteiger partial charge in [0.25, 0.3) is 0 Å². The number of hydrogen-bond donors (Lipinski definition) is 2. The molecule has 0 radical (unpaired) electrons. The number of hydrogen-bond acceptors (Lipinski definition) is 7. The van der Waals surface area contributed by atoms with Crippen LogP contribution in [-0.4, -0.2) is 34.8 Å². The van der Waals surface area contributed by atoms with Gasteiger partial charge in [-0.25, -0.2) is 9.97 Å². The number of methoxy groups -OCH3 is 1. The van der Waals surface area contributed by atoms with E-state index in [0.29, 0.717) is 23.9 Å². The average molecular weight is 551 g/mol. The molecule has 1 aromatic carbocycles. The van der Waals surface area contributed by atoms with Gasteiger partial charge in [0.1, 0.15) is 11.6 Å². The summed E-state index contributed by atoms with van der Waals surface area (Å²) in [7, 11) is 1.64. The Morgan fingerprint density at radius 1 is 1.12 bits per heavy atom. The van der Waals surface area contributed by atoms with E-state index >= 15 is 0 Å². The number of fused-ring (bicyclic) bond motifs is 1. The third-order valence-corrected chi connectivity index (χ3v) is 7.38. The third-order valence-electron chi connectivity index (χ3n) is 5.50. The van der Waals surface area contributed by atoms with Crippen LogP contribution in [0.2, 0.25) is 0 Å². The van der Waals surface area contributed by atoms with Crippen molar-refractivity contribution in [3.05, 3.63) is 38.8 Å². The molecule has 0 saturated carbocycles. The molecule has 0 aliphatic rings. The van der Waals surface area contributed by atoms with Crippen molar-refractivity contribution in [2.75, 3.05) is 19.0 Å². The second-order valence-electron chi connectivity index (χ2n) is 8.29. The third kappa shape index (κ3) is 7.56. The number of carbonyl (C=O) groups is 1. The largest absolute Gasteiger partial charge is 0.493 e. The monoisotopic (exact) mass is 549 g/mol. The standard InChI is InChI=1S/C25H32BrN3O4S/c1-16(23-12-18(26)15-34-23)27-25-19-13-21(32-3)22(14-20(19)28-17(2)29-25)33-11-9-7-5-4-6-8-10-24(30)31/h12-16H,4-11H2,1-3H3,(H,30,31)(H,27,28,29). The van der Waals surface area contributed by atoms with Crippen LogP contribution >= 0.6 is 27.3 Å². The summed E-state index contributed by atoms with van der Waals surface area (Å²) >= 11 is 5.22. The molecule has 7 nitrogen and oxygen atoms in total. The summed E-state index contributed by atoms with van der Waals surface area (Å²) in [5.74, 6) is 2.08. The number of halogens is 1. The van der Waals surface area contributed by atoms with E-state index < -0.39 is 5.97 Å². The number of nitrogens with one attached hydrogen (secondary N) is 1. The van der Waals surface area contributed by atoms with Crippen LogP contribution in [0.4, 0.5) is 5.82 Å². The van der Waals surface area contributed by atoms with E-state index in [1.807, 2.05) is 19.1 Å². The SMILES string of the molecule is COc1cc2c(NC(C)c3cc(Br)cs3)nc(C)nc2cc1OCCCCCCCCC(=O)O. The molecule has 0 aliphatic carbocycles. The van der Waals surface area contributed by atoms with Gasteiger partial charge in [-0.3, -0.25) is 4.79 Å². The normalized spacial score (nSPS) is 12.0. The van der Waals surface area contributed by atoms with Crippen molar-refractivity contribution in [3.8, 4) is 11.5 Å². The van der Waals surface area contributed by atoms with Crippen molar-refractivity contribution in [1.82, 2.24) is 9.97 Å². The Morgan fingerprint density at radius 3 is 2.53 bits per heavy atom. The fourth-order valence-corrected chi connectivity index (χ4v) is 5.19. The highest BCUT2D eigenvalue weighted by Crippen LogP contribution is 2.36. The van der Waals surface area contributed by atoms with Crippen LogP contribution in [-0.2, 0) is 4.79 Å². The molecular formula is C25H32BrN3O4S. The van der Waals surface area contributed by atoms with Gasteiger partial charge in [-0.15, -0.1) is 11.3 Å². The predicted octanol–water partition coefficient (Wildman–Crippen LogP) is 7.14. The van der Waals surface area contributed by atoms with Crippen LogP contribution in [0, 0.1) is 6.92 Å². The molecule has 1 unspecified atom stereocenters. The topological polar surface area (TPSA) is 93.6 Å². The van der Waals surface area contributed by atoms with Gasteiger partial charge in [-0.1, -0.05) is 25.7 Å². The zero-order valence-corrected chi connectivity index (χ0v) is 22.3. The number of carboxylic acid groups (broad SMARTS) is 1. The second kappa shape index (κ2) is 12.9. The van der Waals surface area contributed by atoms with Gasteiger partial charge in [0.05, 0.1) is 25.3 Å². The van der Waals surface area contributed by atoms with Crippen LogP contribution in [0.25, 0.3) is 10.9 Å². The van der Waals surface area contributed by atoms with Crippen molar-refractivity contribution >= 4 is 50.0 Å². The molecule has 2 heterocycles. The number of rotatable bonds is 14. The molecule has 9 heteroatoms. The fourth-order valence-electron chi connectivity index (χ4n) is 3.73. The summed E-state index contributed by atoms with van der Waals surface area (Å²) in [6.07, 6.45) is 6.09. The van der Waals surface area contributed by atoms with E-state index in [9.17, 15) is 4.79 Å². The smallest absolute Gasteiger partial charge is 0.303 e. The number of nitrogens with zero attached hydrogens (tertiary/aromatic N) is 2. The maximum Gasteiger partial charge on any atom is 0.303 e. The van der Waals surface area contributed by atoms with Crippen molar-refractivity contribution < 1.29 is 19.4 Å². The number of benzene rings is 1. The highest BCUT2D eigenvalue weighted by Gasteiger charge is 2.16. The highest BCUT2D eigenvalue weighted by atomic mass is 79.9. The molecule has 2 aromatic heterocycles. The van der Waals surface area contributed by atoms with Gasteiger partial charge >= 0.3 is 5.97 Å². The molecule has 0 saturated heterocycles. The zero-order valence-electron chi connectivity index (χ0n) is 19.9. The summed E-state index contributed by atoms with van der Waals surface area (Å²) in [4.78, 5) is 21.0. The molecule has 3 aromatic rings. The Kier molecular flexibility index (Phi) is 9.95. The van der Waals surface area contributed by atoms with Crippen LogP contribution in [0.3, 0.4) is 0 Å². The van der Waals surface area contributed by atoms with E-state index in [1.54, 1.807) is 18.4 Å². The first-order chi connectivity index (χ1) is 16.4. The van der Waals surface area contributed by atoms with Crippen LogP contribution in [0.1, 0.15) is 68.6 Å². The number of aryl methyl sites for hydroxylation is 1. The summed E-state index contributed by atoms with van der Waals surface area (Å²) in [5, 5.41) is 15.2. The van der Waals surface area contributed by atoms with Gasteiger partial charge in [0, 0.05) is 32.6 Å². The number of aliphatic carboxylic acids is 1. The van der Waals surface area contributed by atoms with Crippen molar-refractivity contribution in [3.63, 3.8) is 0 Å². The maximum atomic E-state index is 10.5. The lowest BCUT2D eigenvalue weighted by Crippen LogP contribution is -2.09. The minimum Gasteiger partial charge on any atom is -0.493 e. The van der Waals surface area contributed by atoms with Crippen LogP contribution < -0.4 is 14.8 Å². The number of aromatic nitrogens is 2. The summed E-state index contributed by atoms with van der Waals surface area (Å²) in [6.45, 7) is 4.59. The maximum absolute atomic E-state index is 10.5. The Morgan fingerprint density at radius 2 is 1.85 bits per heavy atom. The molecule has 0 bridgehead atoms. The van der Waals surface area contributed by atoms with Gasteiger partial charge in [0.15, 0.2) is 11.5 Å². The minimum absolute atomic E-state index is 0.0971. The molecular weight excluding hydrogens is 518 g/mol. The molecule has 34 heavy (non-hydrogen) atoms. The first-order valence-electron chi connectivity index (χ1n) is 11.6. The predicted molar refractivity (Wildman–Crippen MR) is 140 cm³/mol. The molecule has 0 spiro atoms. The number of thiophene rings is 1. The molecule has 2 N–H and O–H groups in total. The summed E-state index contributed by atoms with van der Waals surface area (Å²) < 4.78 is 12.7. The summed E-state index contributed by atoms with van der Waals surface area (Å²) in [6, 6.07) is 6.07. The van der Waals surface area contributed by atoms with Crippen LogP contribution in [0.15, 0.2) is 28.1 Å². The van der Waals surface area contributed by atoms with E-state index in [0.717, 1.165) is 59.7 Å². The fraction of sp³-hybridized carbons (Fsp3) is 0.480. The second-order valence-corrected chi connectivity index (χ2v) is 10.1. The quantitative estimate of drug-likeness (QED) is 0.206. The first kappa shape index (κ1) is 26.2. The van der Waals surface area contributed by atoms with Crippen LogP contribution in [0.5, 0.6) is 11.5 Å². The minimum atomic E-state index is -0.716. The first-order valence-corrected chi connectivity index (χ1v) is 13.3. The lowest BCUT2D eigenvalue weighted by Gasteiger charge is -2.17. The van der Waals surface area contributed by atoms with Crippen molar-refractivity contribution in [2.45, 2.75) is 64.8 Å². The van der Waals surface area contributed by atoms with Gasteiger partial charge in [0.2, 0.25) is 0 Å². The van der Waals surface area contributed by atoms with E-state index in [4.69, 9.17) is 14.6 Å². The zero-order chi connectivity index (χ0) is 24.5. The number of ether oxygens (including phenoxy) is 2. The molecule has 0 amide bonds.